The SMILES string of the molecule is CCO[P@@](C)(=O)Cn1ccc(N)n1. The van der Waals surface area contributed by atoms with Gasteiger partial charge in [0.15, 0.2) is 0 Å². The minimum absolute atomic E-state index is 0.276. The lowest BCUT2D eigenvalue weighted by Gasteiger charge is -2.11. The van der Waals surface area contributed by atoms with Crippen molar-refractivity contribution in [3.63, 3.8) is 0 Å². The smallest absolute Gasteiger partial charge is 0.220 e. The molecule has 13 heavy (non-hydrogen) atoms. The van der Waals surface area contributed by atoms with Crippen LogP contribution in [-0.2, 0) is 15.4 Å². The molecule has 5 nitrogen and oxygen atoms in total. The lowest BCUT2D eigenvalue weighted by Crippen LogP contribution is -2.02. The molecule has 6 heteroatoms. The topological polar surface area (TPSA) is 70.1 Å². The average molecular weight is 203 g/mol. The third-order valence-electron chi connectivity index (χ3n) is 1.47. The van der Waals surface area contributed by atoms with Crippen LogP contribution in [0.2, 0.25) is 0 Å². The van der Waals surface area contributed by atoms with Crippen LogP contribution in [0.25, 0.3) is 0 Å². The molecule has 0 radical (unpaired) electrons. The summed E-state index contributed by atoms with van der Waals surface area (Å²) in [4.78, 5) is 0. The summed E-state index contributed by atoms with van der Waals surface area (Å²) in [6.07, 6.45) is 1.96. The summed E-state index contributed by atoms with van der Waals surface area (Å²) in [6.45, 7) is 3.85. The molecule has 0 aliphatic carbocycles. The standard InChI is InChI=1S/C7H14N3O2P/c1-3-12-13(2,11)6-10-5-4-7(8)9-10/h4-5H,3,6H2,1-2H3,(H2,8,9)/t13-/m1/s1. The molecule has 1 heterocycles. The number of nitrogen functional groups attached to an aromatic ring is 1. The van der Waals surface area contributed by atoms with Gasteiger partial charge in [0.1, 0.15) is 12.1 Å². The molecule has 1 aromatic rings. The van der Waals surface area contributed by atoms with Crippen LogP contribution in [0.15, 0.2) is 12.3 Å². The predicted molar refractivity (Wildman–Crippen MR) is 51.8 cm³/mol. The Kier molecular flexibility index (Phi) is 3.12. The van der Waals surface area contributed by atoms with E-state index in [4.69, 9.17) is 10.3 Å². The molecule has 0 unspecified atom stereocenters. The highest BCUT2D eigenvalue weighted by Crippen LogP contribution is 2.43. The molecule has 0 fully saturated rings. The monoisotopic (exact) mass is 203 g/mol. The maximum Gasteiger partial charge on any atom is 0.220 e. The van der Waals surface area contributed by atoms with Gasteiger partial charge in [-0.15, -0.1) is 0 Å². The Hall–Kier alpha value is -0.800. The summed E-state index contributed by atoms with van der Waals surface area (Å²) in [5, 5.41) is 3.92. The number of rotatable bonds is 4. The summed E-state index contributed by atoms with van der Waals surface area (Å²) in [6, 6.07) is 1.66. The summed E-state index contributed by atoms with van der Waals surface area (Å²) in [5.74, 6) is 0.427. The van der Waals surface area contributed by atoms with Crippen molar-refractivity contribution in [3.05, 3.63) is 12.3 Å². The zero-order valence-corrected chi connectivity index (χ0v) is 8.70. The van der Waals surface area contributed by atoms with Crippen LogP contribution in [0.3, 0.4) is 0 Å². The first-order valence-corrected chi connectivity index (χ1v) is 6.29. The van der Waals surface area contributed by atoms with Gasteiger partial charge in [-0.3, -0.25) is 9.25 Å². The second kappa shape index (κ2) is 3.94. The molecule has 2 N–H and O–H groups in total. The zero-order chi connectivity index (χ0) is 9.90. The van der Waals surface area contributed by atoms with E-state index in [1.165, 1.54) is 4.68 Å². The number of hydrogen-bond acceptors (Lipinski definition) is 4. The van der Waals surface area contributed by atoms with E-state index >= 15 is 0 Å². The zero-order valence-electron chi connectivity index (χ0n) is 7.80. The van der Waals surface area contributed by atoms with E-state index in [2.05, 4.69) is 5.10 Å². The molecule has 0 aromatic carbocycles. The van der Waals surface area contributed by atoms with E-state index in [0.29, 0.717) is 12.4 Å². The molecular weight excluding hydrogens is 189 g/mol. The number of hydrogen-bond donors (Lipinski definition) is 1. The van der Waals surface area contributed by atoms with Crippen molar-refractivity contribution in [3.8, 4) is 0 Å². The normalized spacial score (nSPS) is 15.5. The predicted octanol–water partition coefficient (Wildman–Crippen LogP) is 1.37. The van der Waals surface area contributed by atoms with E-state index in [0.717, 1.165) is 0 Å². The van der Waals surface area contributed by atoms with Crippen molar-refractivity contribution in [2.75, 3.05) is 19.0 Å². The van der Waals surface area contributed by atoms with Crippen LogP contribution < -0.4 is 5.73 Å². The minimum atomic E-state index is -2.56. The van der Waals surface area contributed by atoms with Crippen LogP contribution in [0.1, 0.15) is 6.92 Å². The molecule has 0 saturated carbocycles. The maximum absolute atomic E-state index is 11.7. The van der Waals surface area contributed by atoms with Crippen molar-refractivity contribution >= 4 is 13.2 Å². The first-order chi connectivity index (χ1) is 6.03. The maximum atomic E-state index is 11.7. The molecular formula is C7H14N3O2P. The Morgan fingerprint density at radius 1 is 1.77 bits per heavy atom. The summed E-state index contributed by atoms with van der Waals surface area (Å²) >= 11 is 0. The van der Waals surface area contributed by atoms with Gasteiger partial charge in [-0.1, -0.05) is 0 Å². The van der Waals surface area contributed by atoms with E-state index in [1.54, 1.807) is 18.9 Å². The molecule has 1 rings (SSSR count). The molecule has 1 aromatic heterocycles. The highest BCUT2D eigenvalue weighted by molar-refractivity contribution is 7.57. The first-order valence-electron chi connectivity index (χ1n) is 4.03. The second-order valence-corrected chi connectivity index (χ2v) is 5.42. The molecule has 0 spiro atoms. The quantitative estimate of drug-likeness (QED) is 0.750. The van der Waals surface area contributed by atoms with Crippen LogP contribution >= 0.6 is 7.37 Å². The first kappa shape index (κ1) is 10.3. The van der Waals surface area contributed by atoms with Crippen LogP contribution in [0, 0.1) is 0 Å². The second-order valence-electron chi connectivity index (χ2n) is 2.85. The Balaban J connectivity index is 2.63. The fraction of sp³-hybridized carbons (Fsp3) is 0.571. The highest BCUT2D eigenvalue weighted by atomic mass is 31.2. The van der Waals surface area contributed by atoms with Crippen molar-refractivity contribution in [1.82, 2.24) is 9.78 Å². The molecule has 0 aliphatic rings. The van der Waals surface area contributed by atoms with Crippen molar-refractivity contribution in [1.29, 1.82) is 0 Å². The fourth-order valence-electron chi connectivity index (χ4n) is 1.03. The molecule has 0 saturated heterocycles. The summed E-state index contributed by atoms with van der Waals surface area (Å²) in [5.41, 5.74) is 5.41. The lowest BCUT2D eigenvalue weighted by molar-refractivity contribution is 0.330. The Labute approximate surface area is 77.3 Å². The number of anilines is 1. The number of nitrogens with two attached hydrogens (primary N) is 1. The third-order valence-corrected chi connectivity index (χ3v) is 3.07. The summed E-state index contributed by atoms with van der Waals surface area (Å²) < 4.78 is 18.3. The summed E-state index contributed by atoms with van der Waals surface area (Å²) in [7, 11) is -2.56. The Morgan fingerprint density at radius 2 is 2.46 bits per heavy atom. The van der Waals surface area contributed by atoms with Gasteiger partial charge in [-0.2, -0.15) is 5.10 Å². The largest absolute Gasteiger partial charge is 0.382 e. The van der Waals surface area contributed by atoms with Gasteiger partial charge in [0, 0.05) is 12.9 Å². The van der Waals surface area contributed by atoms with E-state index in [-0.39, 0.29) is 6.29 Å². The third kappa shape index (κ3) is 3.20. The van der Waals surface area contributed by atoms with Gasteiger partial charge in [-0.05, 0) is 13.0 Å². The molecule has 0 bridgehead atoms. The van der Waals surface area contributed by atoms with Gasteiger partial charge in [0.25, 0.3) is 0 Å². The van der Waals surface area contributed by atoms with Gasteiger partial charge >= 0.3 is 0 Å². The van der Waals surface area contributed by atoms with E-state index < -0.39 is 7.37 Å². The van der Waals surface area contributed by atoms with Crippen LogP contribution in [-0.4, -0.2) is 23.1 Å². The van der Waals surface area contributed by atoms with Crippen LogP contribution in [0.4, 0.5) is 5.82 Å². The van der Waals surface area contributed by atoms with Crippen LogP contribution in [0.5, 0.6) is 0 Å². The molecule has 1 atom stereocenters. The van der Waals surface area contributed by atoms with Crippen molar-refractivity contribution < 1.29 is 9.09 Å². The van der Waals surface area contributed by atoms with Gasteiger partial charge in [0.2, 0.25) is 7.37 Å². The molecule has 0 aliphatic heterocycles. The number of nitrogens with zero attached hydrogens (tertiary/aromatic N) is 2. The molecule has 0 amide bonds. The fourth-order valence-corrected chi connectivity index (χ4v) is 2.35. The van der Waals surface area contributed by atoms with Crippen molar-refractivity contribution in [2.45, 2.75) is 13.2 Å². The lowest BCUT2D eigenvalue weighted by atomic mass is 10.7. The van der Waals surface area contributed by atoms with Crippen molar-refractivity contribution in [2.24, 2.45) is 0 Å². The van der Waals surface area contributed by atoms with Gasteiger partial charge in [-0.25, -0.2) is 0 Å². The van der Waals surface area contributed by atoms with E-state index in [1.807, 2.05) is 6.92 Å². The van der Waals surface area contributed by atoms with Gasteiger partial charge in [0.05, 0.1) is 6.61 Å². The highest BCUT2D eigenvalue weighted by Gasteiger charge is 2.15. The van der Waals surface area contributed by atoms with Gasteiger partial charge < -0.3 is 10.3 Å². The Bertz CT molecular complexity index is 323. The Morgan fingerprint density at radius 3 is 2.92 bits per heavy atom. The number of aromatic nitrogens is 2. The average Bonchev–Trinajstić information content (AvgIpc) is 2.34. The van der Waals surface area contributed by atoms with E-state index in [9.17, 15) is 4.57 Å². The minimum Gasteiger partial charge on any atom is -0.382 e. The molecule has 74 valence electrons.